The maximum Gasteiger partial charge on any atom is 0.315 e. The smallest absolute Gasteiger partial charge is 0.315 e. The van der Waals surface area contributed by atoms with E-state index in [0.29, 0.717) is 12.6 Å². The van der Waals surface area contributed by atoms with Gasteiger partial charge in [-0.3, -0.25) is 4.90 Å². The molecule has 1 fully saturated rings. The SMILES string of the molecule is CC[C@@H](CNC(=O)NCc1csc(C)n1)N1CCCC1. The molecule has 0 unspecified atom stereocenters. The number of aromatic nitrogens is 1. The Morgan fingerprint density at radius 1 is 1.45 bits per heavy atom. The van der Waals surface area contributed by atoms with Gasteiger partial charge in [-0.05, 0) is 39.3 Å². The molecule has 1 aromatic heterocycles. The maximum atomic E-state index is 11.8. The van der Waals surface area contributed by atoms with Gasteiger partial charge in [0.15, 0.2) is 0 Å². The number of carbonyl (C=O) groups excluding carboxylic acids is 1. The Morgan fingerprint density at radius 3 is 2.80 bits per heavy atom. The minimum atomic E-state index is -0.103. The van der Waals surface area contributed by atoms with Gasteiger partial charge < -0.3 is 10.6 Å². The van der Waals surface area contributed by atoms with Crippen molar-refractivity contribution in [1.82, 2.24) is 20.5 Å². The first-order valence-electron chi connectivity index (χ1n) is 7.35. The Morgan fingerprint density at radius 2 is 2.20 bits per heavy atom. The zero-order valence-electron chi connectivity index (χ0n) is 12.3. The average Bonchev–Trinajstić information content (AvgIpc) is 3.09. The summed E-state index contributed by atoms with van der Waals surface area (Å²) < 4.78 is 0. The lowest BCUT2D eigenvalue weighted by molar-refractivity contribution is 0.216. The fraction of sp³-hybridized carbons (Fsp3) is 0.714. The highest BCUT2D eigenvalue weighted by atomic mass is 32.1. The van der Waals surface area contributed by atoms with Crippen LogP contribution in [0.2, 0.25) is 0 Å². The van der Waals surface area contributed by atoms with E-state index < -0.39 is 0 Å². The third kappa shape index (κ3) is 4.45. The van der Waals surface area contributed by atoms with Gasteiger partial charge in [-0.1, -0.05) is 6.92 Å². The van der Waals surface area contributed by atoms with Gasteiger partial charge in [0.2, 0.25) is 0 Å². The van der Waals surface area contributed by atoms with Crippen LogP contribution in [0.25, 0.3) is 0 Å². The van der Waals surface area contributed by atoms with Crippen LogP contribution in [0.15, 0.2) is 5.38 Å². The van der Waals surface area contributed by atoms with Crippen LogP contribution in [0.3, 0.4) is 0 Å². The van der Waals surface area contributed by atoms with Gasteiger partial charge in [-0.2, -0.15) is 0 Å². The highest BCUT2D eigenvalue weighted by molar-refractivity contribution is 7.09. The molecule has 1 aliphatic heterocycles. The van der Waals surface area contributed by atoms with Crippen molar-refractivity contribution in [2.75, 3.05) is 19.6 Å². The van der Waals surface area contributed by atoms with Crippen LogP contribution in [0.1, 0.15) is 36.9 Å². The van der Waals surface area contributed by atoms with E-state index in [1.54, 1.807) is 11.3 Å². The highest BCUT2D eigenvalue weighted by Crippen LogP contribution is 2.13. The van der Waals surface area contributed by atoms with Gasteiger partial charge in [0.05, 0.1) is 17.2 Å². The van der Waals surface area contributed by atoms with Crippen molar-refractivity contribution in [2.45, 2.75) is 45.7 Å². The van der Waals surface area contributed by atoms with Crippen LogP contribution < -0.4 is 10.6 Å². The van der Waals surface area contributed by atoms with Crippen LogP contribution in [0, 0.1) is 6.92 Å². The second-order valence-corrected chi connectivity index (χ2v) is 6.29. The summed E-state index contributed by atoms with van der Waals surface area (Å²) in [6.07, 6.45) is 3.64. The van der Waals surface area contributed by atoms with Gasteiger partial charge in [0.25, 0.3) is 0 Å². The van der Waals surface area contributed by atoms with E-state index in [-0.39, 0.29) is 6.03 Å². The van der Waals surface area contributed by atoms with Gasteiger partial charge >= 0.3 is 6.03 Å². The normalized spacial score (nSPS) is 17.1. The number of amides is 2. The lowest BCUT2D eigenvalue weighted by atomic mass is 10.2. The van der Waals surface area contributed by atoms with Crippen LogP contribution >= 0.6 is 11.3 Å². The number of rotatable bonds is 6. The number of hydrogen-bond donors (Lipinski definition) is 2. The van der Waals surface area contributed by atoms with Crippen LogP contribution in [0.4, 0.5) is 4.79 Å². The molecule has 1 saturated heterocycles. The van der Waals surface area contributed by atoms with E-state index in [2.05, 4.69) is 27.4 Å². The first-order chi connectivity index (χ1) is 9.69. The molecular weight excluding hydrogens is 272 g/mol. The van der Waals surface area contributed by atoms with Crippen LogP contribution in [0.5, 0.6) is 0 Å². The van der Waals surface area contributed by atoms with Gasteiger partial charge in [0, 0.05) is 18.0 Å². The molecule has 20 heavy (non-hydrogen) atoms. The first-order valence-corrected chi connectivity index (χ1v) is 8.23. The topological polar surface area (TPSA) is 57.3 Å². The largest absolute Gasteiger partial charge is 0.337 e. The summed E-state index contributed by atoms with van der Waals surface area (Å²) in [5.74, 6) is 0. The molecule has 112 valence electrons. The minimum absolute atomic E-state index is 0.103. The molecule has 2 heterocycles. The number of urea groups is 1. The predicted octanol–water partition coefficient (Wildman–Crippen LogP) is 2.13. The maximum absolute atomic E-state index is 11.8. The zero-order chi connectivity index (χ0) is 14.4. The third-order valence-electron chi connectivity index (χ3n) is 3.72. The molecular formula is C14H24N4OS. The fourth-order valence-corrected chi connectivity index (χ4v) is 3.18. The Hall–Kier alpha value is -1.14. The molecule has 1 aromatic rings. The van der Waals surface area contributed by atoms with E-state index in [0.717, 1.165) is 23.7 Å². The summed E-state index contributed by atoms with van der Waals surface area (Å²) >= 11 is 1.61. The number of likely N-dealkylation sites (tertiary alicyclic amines) is 1. The summed E-state index contributed by atoms with van der Waals surface area (Å²) in [5, 5.41) is 8.84. The number of carbonyl (C=O) groups is 1. The van der Waals surface area contributed by atoms with Gasteiger partial charge in [-0.25, -0.2) is 9.78 Å². The van der Waals surface area contributed by atoms with Crippen molar-refractivity contribution in [3.8, 4) is 0 Å². The monoisotopic (exact) mass is 296 g/mol. The summed E-state index contributed by atoms with van der Waals surface area (Å²) in [7, 11) is 0. The summed E-state index contributed by atoms with van der Waals surface area (Å²) in [6, 6.07) is 0.359. The average molecular weight is 296 g/mol. The Bertz CT molecular complexity index is 429. The molecule has 0 aromatic carbocycles. The molecule has 1 atom stereocenters. The van der Waals surface area contributed by atoms with Crippen LogP contribution in [-0.4, -0.2) is 41.6 Å². The molecule has 0 bridgehead atoms. The molecule has 1 aliphatic rings. The summed E-state index contributed by atoms with van der Waals surface area (Å²) in [6.45, 7) is 7.70. The number of nitrogens with one attached hydrogen (secondary N) is 2. The standard InChI is InChI=1S/C14H24N4OS/c1-3-13(18-6-4-5-7-18)9-16-14(19)15-8-12-10-20-11(2)17-12/h10,13H,3-9H2,1-2H3,(H2,15,16,19)/t13-/m0/s1. The number of nitrogens with zero attached hydrogens (tertiary/aromatic N) is 2. The predicted molar refractivity (Wildman–Crippen MR) is 82.0 cm³/mol. The molecule has 2 amide bonds. The van der Waals surface area contributed by atoms with E-state index in [1.807, 2.05) is 12.3 Å². The lowest BCUT2D eigenvalue weighted by Crippen LogP contribution is -2.45. The number of hydrogen-bond acceptors (Lipinski definition) is 4. The Balaban J connectivity index is 1.68. The fourth-order valence-electron chi connectivity index (χ4n) is 2.57. The number of thiazole rings is 1. The highest BCUT2D eigenvalue weighted by Gasteiger charge is 2.20. The van der Waals surface area contributed by atoms with Crippen molar-refractivity contribution < 1.29 is 4.79 Å². The lowest BCUT2D eigenvalue weighted by Gasteiger charge is -2.26. The second-order valence-electron chi connectivity index (χ2n) is 5.23. The van der Waals surface area contributed by atoms with Crippen molar-refractivity contribution in [1.29, 1.82) is 0 Å². The molecule has 0 radical (unpaired) electrons. The van der Waals surface area contributed by atoms with Crippen molar-refractivity contribution in [3.63, 3.8) is 0 Å². The van der Waals surface area contributed by atoms with Crippen molar-refractivity contribution >= 4 is 17.4 Å². The first kappa shape index (κ1) is 15.3. The van der Waals surface area contributed by atoms with E-state index in [9.17, 15) is 4.79 Å². The molecule has 6 heteroatoms. The minimum Gasteiger partial charge on any atom is -0.337 e. The molecule has 0 aliphatic carbocycles. The molecule has 2 rings (SSSR count). The zero-order valence-corrected chi connectivity index (χ0v) is 13.1. The molecule has 2 N–H and O–H groups in total. The van der Waals surface area contributed by atoms with Gasteiger partial charge in [0.1, 0.15) is 0 Å². The van der Waals surface area contributed by atoms with Crippen molar-refractivity contribution in [2.24, 2.45) is 0 Å². The Labute approximate surface area is 124 Å². The summed E-state index contributed by atoms with van der Waals surface area (Å²) in [5.41, 5.74) is 0.925. The van der Waals surface area contributed by atoms with E-state index in [4.69, 9.17) is 0 Å². The third-order valence-corrected chi connectivity index (χ3v) is 4.55. The molecule has 5 nitrogen and oxygen atoms in total. The van der Waals surface area contributed by atoms with Crippen molar-refractivity contribution in [3.05, 3.63) is 16.1 Å². The number of aryl methyl sites for hydroxylation is 1. The van der Waals surface area contributed by atoms with E-state index in [1.165, 1.54) is 25.9 Å². The molecule has 0 saturated carbocycles. The quantitative estimate of drug-likeness (QED) is 0.845. The Kier molecular flexibility index (Phi) is 5.79. The second kappa shape index (κ2) is 7.59. The van der Waals surface area contributed by atoms with Crippen LogP contribution in [-0.2, 0) is 6.54 Å². The van der Waals surface area contributed by atoms with Gasteiger partial charge in [-0.15, -0.1) is 11.3 Å². The van der Waals surface area contributed by atoms with E-state index >= 15 is 0 Å². The summed E-state index contributed by atoms with van der Waals surface area (Å²) in [4.78, 5) is 18.6. The molecule has 0 spiro atoms.